The van der Waals surface area contributed by atoms with Crippen molar-refractivity contribution in [1.29, 1.82) is 0 Å². The van der Waals surface area contributed by atoms with E-state index in [1.807, 2.05) is 6.92 Å². The molecule has 2 rings (SSSR count). The number of anilines is 1. The number of carbonyl (C=O) groups is 1. The zero-order valence-electron chi connectivity index (χ0n) is 10.2. The van der Waals surface area contributed by atoms with E-state index in [2.05, 4.69) is 15.3 Å². The second-order valence-corrected chi connectivity index (χ2v) is 4.03. The van der Waals surface area contributed by atoms with Crippen molar-refractivity contribution in [1.82, 2.24) is 15.3 Å². The number of amides is 1. The Balaban J connectivity index is 2.11. The fourth-order valence-corrected chi connectivity index (χ4v) is 1.75. The molecule has 0 saturated heterocycles. The first kappa shape index (κ1) is 12.2. The van der Waals surface area contributed by atoms with Crippen LogP contribution in [0, 0.1) is 0 Å². The molecule has 0 spiro atoms. The fraction of sp³-hybridized carbons (Fsp3) is 0.231. The van der Waals surface area contributed by atoms with Crippen LogP contribution in [0.4, 0.5) is 5.69 Å². The molecule has 94 valence electrons. The van der Waals surface area contributed by atoms with Crippen LogP contribution in [0.15, 0.2) is 36.7 Å². The van der Waals surface area contributed by atoms with Gasteiger partial charge in [-0.25, -0.2) is 4.98 Å². The predicted octanol–water partition coefficient (Wildman–Crippen LogP) is 1.87. The van der Waals surface area contributed by atoms with Crippen molar-refractivity contribution in [3.05, 3.63) is 48.0 Å². The predicted molar refractivity (Wildman–Crippen MR) is 69.9 cm³/mol. The number of nitrogens with zero attached hydrogens (tertiary/aromatic N) is 1. The largest absolute Gasteiger partial charge is 0.399 e. The van der Waals surface area contributed by atoms with E-state index >= 15 is 0 Å². The molecule has 4 N–H and O–H groups in total. The lowest BCUT2D eigenvalue weighted by Gasteiger charge is -2.14. The average molecular weight is 244 g/mol. The minimum absolute atomic E-state index is 0.117. The molecule has 1 aromatic heterocycles. The number of nitrogens with one attached hydrogen (secondary N) is 2. The zero-order chi connectivity index (χ0) is 13.0. The summed E-state index contributed by atoms with van der Waals surface area (Å²) in [5.41, 5.74) is 6.79. The van der Waals surface area contributed by atoms with Gasteiger partial charge in [0, 0.05) is 23.6 Å². The SMILES string of the molecule is CCC(NC(=O)c1cccc(N)c1)c1ncc[nH]1. The van der Waals surface area contributed by atoms with Crippen molar-refractivity contribution in [2.45, 2.75) is 19.4 Å². The Morgan fingerprint density at radius 1 is 1.56 bits per heavy atom. The highest BCUT2D eigenvalue weighted by Crippen LogP contribution is 2.13. The summed E-state index contributed by atoms with van der Waals surface area (Å²) in [6.07, 6.45) is 4.18. The number of rotatable bonds is 4. The van der Waals surface area contributed by atoms with E-state index in [9.17, 15) is 4.79 Å². The number of aromatic amines is 1. The molecule has 5 nitrogen and oxygen atoms in total. The first-order chi connectivity index (χ1) is 8.70. The molecule has 1 atom stereocenters. The van der Waals surface area contributed by atoms with Gasteiger partial charge in [-0.2, -0.15) is 0 Å². The van der Waals surface area contributed by atoms with Crippen LogP contribution in [-0.4, -0.2) is 15.9 Å². The minimum atomic E-state index is -0.148. The highest BCUT2D eigenvalue weighted by Gasteiger charge is 2.15. The quantitative estimate of drug-likeness (QED) is 0.718. The Labute approximate surface area is 105 Å². The van der Waals surface area contributed by atoms with Crippen molar-refractivity contribution in [3.63, 3.8) is 0 Å². The van der Waals surface area contributed by atoms with Gasteiger partial charge in [0.1, 0.15) is 5.82 Å². The van der Waals surface area contributed by atoms with Gasteiger partial charge in [-0.3, -0.25) is 4.79 Å². The lowest BCUT2D eigenvalue weighted by molar-refractivity contribution is 0.0934. The molecular formula is C13H16N4O. The van der Waals surface area contributed by atoms with Gasteiger partial charge >= 0.3 is 0 Å². The topological polar surface area (TPSA) is 83.8 Å². The van der Waals surface area contributed by atoms with Crippen LogP contribution in [-0.2, 0) is 0 Å². The first-order valence-corrected chi connectivity index (χ1v) is 5.86. The maximum absolute atomic E-state index is 12.1. The Hall–Kier alpha value is -2.30. The van der Waals surface area contributed by atoms with Gasteiger partial charge < -0.3 is 16.0 Å². The number of H-pyrrole nitrogens is 1. The number of carbonyl (C=O) groups excluding carboxylic acids is 1. The molecule has 0 bridgehead atoms. The third-order valence-corrected chi connectivity index (χ3v) is 2.71. The molecule has 1 amide bonds. The fourth-order valence-electron chi connectivity index (χ4n) is 1.75. The van der Waals surface area contributed by atoms with Crippen LogP contribution in [0.2, 0.25) is 0 Å². The number of hydrogen-bond acceptors (Lipinski definition) is 3. The molecule has 2 aromatic rings. The van der Waals surface area contributed by atoms with E-state index in [1.165, 1.54) is 0 Å². The molecular weight excluding hydrogens is 228 g/mol. The molecule has 5 heteroatoms. The molecule has 0 aliphatic carbocycles. The molecule has 18 heavy (non-hydrogen) atoms. The summed E-state index contributed by atoms with van der Waals surface area (Å²) in [4.78, 5) is 19.2. The van der Waals surface area contributed by atoms with Gasteiger partial charge in [0.2, 0.25) is 0 Å². The van der Waals surface area contributed by atoms with E-state index in [1.54, 1.807) is 36.7 Å². The summed E-state index contributed by atoms with van der Waals surface area (Å²) in [5.74, 6) is 0.611. The van der Waals surface area contributed by atoms with Crippen molar-refractivity contribution in [3.8, 4) is 0 Å². The van der Waals surface area contributed by atoms with Crippen LogP contribution >= 0.6 is 0 Å². The van der Waals surface area contributed by atoms with E-state index in [4.69, 9.17) is 5.73 Å². The van der Waals surface area contributed by atoms with Crippen LogP contribution in [0.1, 0.15) is 35.6 Å². The highest BCUT2D eigenvalue weighted by molar-refractivity contribution is 5.95. The van der Waals surface area contributed by atoms with E-state index in [0.29, 0.717) is 11.3 Å². The smallest absolute Gasteiger partial charge is 0.251 e. The average Bonchev–Trinajstić information content (AvgIpc) is 2.89. The summed E-state index contributed by atoms with van der Waals surface area (Å²) in [7, 11) is 0. The van der Waals surface area contributed by atoms with Crippen molar-refractivity contribution in [2.24, 2.45) is 0 Å². The summed E-state index contributed by atoms with van der Waals surface area (Å²) < 4.78 is 0. The van der Waals surface area contributed by atoms with Crippen molar-refractivity contribution >= 4 is 11.6 Å². The molecule has 0 fully saturated rings. The van der Waals surface area contributed by atoms with Crippen LogP contribution < -0.4 is 11.1 Å². The molecule has 0 saturated carbocycles. The van der Waals surface area contributed by atoms with Gasteiger partial charge in [0.05, 0.1) is 6.04 Å². The standard InChI is InChI=1S/C13H16N4O/c1-2-11(12-15-6-7-16-12)17-13(18)9-4-3-5-10(14)8-9/h3-8,11H,2,14H2,1H3,(H,15,16)(H,17,18). The van der Waals surface area contributed by atoms with Crippen molar-refractivity contribution < 1.29 is 4.79 Å². The Bertz CT molecular complexity index is 522. The maximum Gasteiger partial charge on any atom is 0.251 e. The van der Waals surface area contributed by atoms with Gasteiger partial charge in [-0.05, 0) is 24.6 Å². The summed E-state index contributed by atoms with van der Waals surface area (Å²) in [6, 6.07) is 6.79. The van der Waals surface area contributed by atoms with Gasteiger partial charge in [-0.1, -0.05) is 13.0 Å². The second kappa shape index (κ2) is 5.35. The summed E-state index contributed by atoms with van der Waals surface area (Å²) in [6.45, 7) is 1.99. The molecule has 1 aromatic carbocycles. The number of benzene rings is 1. The minimum Gasteiger partial charge on any atom is -0.399 e. The molecule has 1 heterocycles. The number of aromatic nitrogens is 2. The second-order valence-electron chi connectivity index (χ2n) is 4.03. The van der Waals surface area contributed by atoms with Crippen LogP contribution in [0.3, 0.4) is 0 Å². The van der Waals surface area contributed by atoms with E-state index in [0.717, 1.165) is 12.2 Å². The number of nitrogen functional groups attached to an aromatic ring is 1. The van der Waals surface area contributed by atoms with Gasteiger partial charge in [0.25, 0.3) is 5.91 Å². The number of nitrogens with two attached hydrogens (primary N) is 1. The lowest BCUT2D eigenvalue weighted by Crippen LogP contribution is -2.28. The van der Waals surface area contributed by atoms with Gasteiger partial charge in [-0.15, -0.1) is 0 Å². The maximum atomic E-state index is 12.1. The highest BCUT2D eigenvalue weighted by atomic mass is 16.1. The number of hydrogen-bond donors (Lipinski definition) is 3. The third-order valence-electron chi connectivity index (χ3n) is 2.71. The monoisotopic (exact) mass is 244 g/mol. The first-order valence-electron chi connectivity index (χ1n) is 5.86. The lowest BCUT2D eigenvalue weighted by atomic mass is 10.1. The Kier molecular flexibility index (Phi) is 3.62. The van der Waals surface area contributed by atoms with Crippen LogP contribution in [0.5, 0.6) is 0 Å². The Morgan fingerprint density at radius 2 is 2.39 bits per heavy atom. The summed E-state index contributed by atoms with van der Waals surface area (Å²) >= 11 is 0. The normalized spacial score (nSPS) is 12.1. The molecule has 1 unspecified atom stereocenters. The molecule has 0 aliphatic heterocycles. The van der Waals surface area contributed by atoms with Gasteiger partial charge in [0.15, 0.2) is 0 Å². The molecule has 0 aliphatic rings. The number of imidazole rings is 1. The third kappa shape index (κ3) is 2.68. The van der Waals surface area contributed by atoms with E-state index < -0.39 is 0 Å². The van der Waals surface area contributed by atoms with Crippen LogP contribution in [0.25, 0.3) is 0 Å². The van der Waals surface area contributed by atoms with Crippen molar-refractivity contribution in [2.75, 3.05) is 5.73 Å². The molecule has 0 radical (unpaired) electrons. The van der Waals surface area contributed by atoms with E-state index in [-0.39, 0.29) is 11.9 Å². The summed E-state index contributed by atoms with van der Waals surface area (Å²) in [5, 5.41) is 2.92. The zero-order valence-corrected chi connectivity index (χ0v) is 10.2. The Morgan fingerprint density at radius 3 is 3.00 bits per heavy atom.